The molecule has 1 fully saturated rings. The average Bonchev–Trinajstić information content (AvgIpc) is 3.30. The van der Waals surface area contributed by atoms with Gasteiger partial charge in [0.05, 0.1) is 23.6 Å². The first kappa shape index (κ1) is 22.1. The number of likely N-dealkylation sites (tertiary alicyclic amines) is 1. The molecule has 0 aliphatic carbocycles. The number of ether oxygens (including phenoxy) is 1. The Morgan fingerprint density at radius 2 is 2.07 bits per heavy atom. The van der Waals surface area contributed by atoms with Crippen molar-refractivity contribution < 1.29 is 14.1 Å². The maximum atomic E-state index is 12.2. The molecule has 8 nitrogen and oxygen atoms in total. The molecular formula is C22H33N5O3. The van der Waals surface area contributed by atoms with Crippen molar-refractivity contribution in [2.75, 3.05) is 25.0 Å². The number of carbonyl (C=O) groups is 1. The summed E-state index contributed by atoms with van der Waals surface area (Å²) in [6.07, 6.45) is 2.66. The molecule has 1 aliphatic heterocycles. The second kappa shape index (κ2) is 9.45. The first-order valence-electron chi connectivity index (χ1n) is 10.8. The van der Waals surface area contributed by atoms with Gasteiger partial charge >= 0.3 is 6.09 Å². The fraction of sp³-hybridized carbons (Fsp3) is 0.636. The normalized spacial score (nSPS) is 16.4. The van der Waals surface area contributed by atoms with Crippen LogP contribution >= 0.6 is 0 Å². The van der Waals surface area contributed by atoms with Crippen LogP contribution in [0.4, 0.5) is 10.6 Å². The smallest absolute Gasteiger partial charge is 0.409 e. The predicted octanol–water partition coefficient (Wildman–Crippen LogP) is 4.60. The molecule has 1 N–H and O–H groups in total. The zero-order chi connectivity index (χ0) is 21.8. The van der Waals surface area contributed by atoms with Crippen LogP contribution in [0.1, 0.15) is 68.8 Å². The van der Waals surface area contributed by atoms with Crippen LogP contribution < -0.4 is 5.32 Å². The van der Waals surface area contributed by atoms with Gasteiger partial charge in [-0.05, 0) is 47.0 Å². The van der Waals surface area contributed by atoms with E-state index in [2.05, 4.69) is 24.3 Å². The first-order valence-corrected chi connectivity index (χ1v) is 10.8. The molecule has 1 aliphatic rings. The summed E-state index contributed by atoms with van der Waals surface area (Å²) >= 11 is 0. The third-order valence-electron chi connectivity index (χ3n) is 5.60. The van der Waals surface area contributed by atoms with Gasteiger partial charge in [0.2, 0.25) is 0 Å². The van der Waals surface area contributed by atoms with E-state index in [0.29, 0.717) is 6.61 Å². The van der Waals surface area contributed by atoms with Crippen LogP contribution in [0.5, 0.6) is 0 Å². The van der Waals surface area contributed by atoms with E-state index in [0.717, 1.165) is 72.3 Å². The number of hydrogen-bond donors (Lipinski definition) is 1. The van der Waals surface area contributed by atoms with Crippen molar-refractivity contribution in [3.8, 4) is 11.3 Å². The number of rotatable bonds is 7. The molecule has 0 spiro atoms. The Morgan fingerprint density at radius 1 is 1.30 bits per heavy atom. The number of nitrogens with zero attached hydrogens (tertiary/aromatic N) is 4. The highest BCUT2D eigenvalue weighted by Crippen LogP contribution is 2.32. The Morgan fingerprint density at radius 3 is 2.70 bits per heavy atom. The molecule has 0 radical (unpaired) electrons. The minimum Gasteiger partial charge on any atom is -0.450 e. The van der Waals surface area contributed by atoms with Crippen molar-refractivity contribution in [2.45, 2.75) is 72.8 Å². The number of carbonyl (C=O) groups excluding carboxylic acids is 1. The summed E-state index contributed by atoms with van der Waals surface area (Å²) in [5.74, 6) is 2.56. The van der Waals surface area contributed by atoms with Crippen LogP contribution in [0.3, 0.4) is 0 Å². The fourth-order valence-corrected chi connectivity index (χ4v) is 3.97. The Balaban J connectivity index is 1.78. The highest BCUT2D eigenvalue weighted by molar-refractivity contribution is 5.71. The Bertz CT molecular complexity index is 874. The second-order valence-electron chi connectivity index (χ2n) is 8.16. The van der Waals surface area contributed by atoms with Gasteiger partial charge in [-0.25, -0.2) is 14.8 Å². The molecule has 164 valence electrons. The third kappa shape index (κ3) is 4.57. The number of amides is 1. The summed E-state index contributed by atoms with van der Waals surface area (Å²) in [7, 11) is 0. The number of nitrogens with one attached hydrogen (secondary N) is 1. The third-order valence-corrected chi connectivity index (χ3v) is 5.60. The van der Waals surface area contributed by atoms with Crippen LogP contribution in [-0.2, 0) is 4.74 Å². The molecule has 0 bridgehead atoms. The highest BCUT2D eigenvalue weighted by atomic mass is 16.6. The summed E-state index contributed by atoms with van der Waals surface area (Å²) in [6, 6.07) is 0.199. The number of hydrogen-bond acceptors (Lipinski definition) is 7. The van der Waals surface area contributed by atoms with Gasteiger partial charge < -0.3 is 19.5 Å². The van der Waals surface area contributed by atoms with E-state index in [1.54, 1.807) is 0 Å². The molecule has 3 rings (SSSR count). The molecule has 2 aromatic rings. The molecule has 2 aromatic heterocycles. The van der Waals surface area contributed by atoms with Crippen LogP contribution in [0.2, 0.25) is 0 Å². The van der Waals surface area contributed by atoms with Crippen molar-refractivity contribution in [2.24, 2.45) is 0 Å². The molecule has 1 amide bonds. The van der Waals surface area contributed by atoms with Crippen molar-refractivity contribution in [1.29, 1.82) is 0 Å². The molecule has 0 unspecified atom stereocenters. The zero-order valence-electron chi connectivity index (χ0n) is 18.9. The summed E-state index contributed by atoms with van der Waals surface area (Å²) < 4.78 is 10.6. The molecular weight excluding hydrogens is 382 g/mol. The lowest BCUT2D eigenvalue weighted by Gasteiger charge is -2.24. The summed E-state index contributed by atoms with van der Waals surface area (Å²) in [4.78, 5) is 23.6. The van der Waals surface area contributed by atoms with Gasteiger partial charge in [0.1, 0.15) is 17.4 Å². The minimum atomic E-state index is -0.207. The topological polar surface area (TPSA) is 93.4 Å². The molecule has 1 saturated heterocycles. The van der Waals surface area contributed by atoms with Gasteiger partial charge in [-0.3, -0.25) is 0 Å². The van der Waals surface area contributed by atoms with Crippen molar-refractivity contribution >= 4 is 11.9 Å². The summed E-state index contributed by atoms with van der Waals surface area (Å²) in [5.41, 5.74) is 3.60. The van der Waals surface area contributed by atoms with Gasteiger partial charge in [0, 0.05) is 30.6 Å². The predicted molar refractivity (Wildman–Crippen MR) is 116 cm³/mol. The molecule has 0 aromatic carbocycles. The second-order valence-corrected chi connectivity index (χ2v) is 8.16. The van der Waals surface area contributed by atoms with Crippen molar-refractivity contribution in [3.63, 3.8) is 0 Å². The Hall–Kier alpha value is -2.64. The SMILES string of the molecule is CCOC(=O)N1CCC[C@H]1CCNc1nc(C(C)C)nc(-c2c(C)noc2C)c1C. The first-order chi connectivity index (χ1) is 14.3. The van der Waals surface area contributed by atoms with Gasteiger partial charge in [-0.1, -0.05) is 19.0 Å². The van der Waals surface area contributed by atoms with Gasteiger partial charge in [-0.15, -0.1) is 0 Å². The van der Waals surface area contributed by atoms with Crippen LogP contribution in [0, 0.1) is 20.8 Å². The maximum Gasteiger partial charge on any atom is 0.409 e. The fourth-order valence-electron chi connectivity index (χ4n) is 3.97. The molecule has 30 heavy (non-hydrogen) atoms. The molecule has 1 atom stereocenters. The molecule has 3 heterocycles. The standard InChI is InChI=1S/C22H33N5O3/c1-7-29-22(28)27-12-8-9-17(27)10-11-23-21-14(4)19(24-20(25-21)13(2)3)18-15(5)26-30-16(18)6/h13,17H,7-12H2,1-6H3,(H,23,24,25)/t17-/m0/s1. The van der Waals surface area contributed by atoms with Crippen molar-refractivity contribution in [3.05, 3.63) is 22.8 Å². The maximum absolute atomic E-state index is 12.2. The van der Waals surface area contributed by atoms with E-state index in [1.807, 2.05) is 32.6 Å². The number of aryl methyl sites for hydroxylation is 2. The van der Waals surface area contributed by atoms with Gasteiger partial charge in [0.25, 0.3) is 0 Å². The number of anilines is 1. The Kier molecular flexibility index (Phi) is 6.95. The van der Waals surface area contributed by atoms with Gasteiger partial charge in [-0.2, -0.15) is 0 Å². The molecule has 8 heteroatoms. The summed E-state index contributed by atoms with van der Waals surface area (Å²) in [6.45, 7) is 13.8. The van der Waals surface area contributed by atoms with E-state index in [1.165, 1.54) is 0 Å². The number of aromatic nitrogens is 3. The van der Waals surface area contributed by atoms with E-state index in [9.17, 15) is 4.79 Å². The van der Waals surface area contributed by atoms with E-state index >= 15 is 0 Å². The highest BCUT2D eigenvalue weighted by Gasteiger charge is 2.29. The lowest BCUT2D eigenvalue weighted by Crippen LogP contribution is -2.37. The van der Waals surface area contributed by atoms with Crippen LogP contribution in [0.25, 0.3) is 11.3 Å². The van der Waals surface area contributed by atoms with Crippen molar-refractivity contribution in [1.82, 2.24) is 20.0 Å². The largest absolute Gasteiger partial charge is 0.450 e. The lowest BCUT2D eigenvalue weighted by atomic mass is 10.0. The lowest BCUT2D eigenvalue weighted by molar-refractivity contribution is 0.102. The van der Waals surface area contributed by atoms with Crippen LogP contribution in [0.15, 0.2) is 4.52 Å². The van der Waals surface area contributed by atoms with E-state index in [4.69, 9.17) is 19.2 Å². The summed E-state index contributed by atoms with van der Waals surface area (Å²) in [5, 5.41) is 7.57. The minimum absolute atomic E-state index is 0.194. The van der Waals surface area contributed by atoms with E-state index in [-0.39, 0.29) is 18.1 Å². The zero-order valence-corrected chi connectivity index (χ0v) is 18.9. The molecule has 0 saturated carbocycles. The van der Waals surface area contributed by atoms with Gasteiger partial charge in [0.15, 0.2) is 0 Å². The quantitative estimate of drug-likeness (QED) is 0.706. The van der Waals surface area contributed by atoms with Crippen LogP contribution in [-0.4, -0.2) is 51.9 Å². The average molecular weight is 416 g/mol. The monoisotopic (exact) mass is 415 g/mol. The van der Waals surface area contributed by atoms with E-state index < -0.39 is 0 Å². The Labute approximate surface area is 178 Å².